The van der Waals surface area contributed by atoms with E-state index in [2.05, 4.69) is 9.97 Å². The maximum atomic E-state index is 6.38. The highest BCUT2D eigenvalue weighted by atomic mass is 35.5. The van der Waals surface area contributed by atoms with Gasteiger partial charge in [0.15, 0.2) is 0 Å². The molecule has 1 radical (unpaired) electrons. The van der Waals surface area contributed by atoms with E-state index in [0.717, 1.165) is 22.6 Å². The summed E-state index contributed by atoms with van der Waals surface area (Å²) in [7, 11) is 0. The maximum absolute atomic E-state index is 6.38. The molecule has 1 aromatic heterocycles. The van der Waals surface area contributed by atoms with Crippen molar-refractivity contribution < 1.29 is 0 Å². The Labute approximate surface area is 133 Å². The van der Waals surface area contributed by atoms with Gasteiger partial charge in [-0.15, -0.1) is 0 Å². The van der Waals surface area contributed by atoms with Gasteiger partial charge in [-0.1, -0.05) is 59.6 Å². The molecule has 0 saturated heterocycles. The molecule has 0 N–H and O–H groups in total. The first-order valence-corrected chi connectivity index (χ1v) is 7.14. The first kappa shape index (κ1) is 14.1. The lowest BCUT2D eigenvalue weighted by atomic mass is 9.86. The second-order valence-corrected chi connectivity index (χ2v) is 5.34. The fraction of sp³-hybridized carbons (Fsp3) is 0. The molecule has 3 aromatic rings. The molecule has 0 atom stereocenters. The summed E-state index contributed by atoms with van der Waals surface area (Å²) < 4.78 is 0. The monoisotopic (exact) mass is 313 g/mol. The van der Waals surface area contributed by atoms with Crippen LogP contribution in [0.1, 0.15) is 16.7 Å². The molecule has 0 amide bonds. The molecule has 1 heterocycles. The summed E-state index contributed by atoms with van der Waals surface area (Å²) in [5, 5.41) is 1.21. The zero-order chi connectivity index (χ0) is 14.7. The van der Waals surface area contributed by atoms with Crippen LogP contribution in [-0.4, -0.2) is 9.97 Å². The van der Waals surface area contributed by atoms with Gasteiger partial charge in [0.1, 0.15) is 6.33 Å². The summed E-state index contributed by atoms with van der Waals surface area (Å²) >= 11 is 12.4. The van der Waals surface area contributed by atoms with Gasteiger partial charge < -0.3 is 0 Å². The lowest BCUT2D eigenvalue weighted by molar-refractivity contribution is 1.10. The van der Waals surface area contributed by atoms with Crippen molar-refractivity contribution in [2.45, 2.75) is 0 Å². The van der Waals surface area contributed by atoms with Crippen molar-refractivity contribution >= 4 is 23.2 Å². The van der Waals surface area contributed by atoms with E-state index in [1.54, 1.807) is 18.5 Å². The van der Waals surface area contributed by atoms with Gasteiger partial charge in [0.05, 0.1) is 5.92 Å². The van der Waals surface area contributed by atoms with E-state index in [9.17, 15) is 0 Å². The number of hydrogen-bond donors (Lipinski definition) is 0. The van der Waals surface area contributed by atoms with E-state index in [-0.39, 0.29) is 0 Å². The van der Waals surface area contributed by atoms with Crippen LogP contribution >= 0.6 is 23.2 Å². The molecule has 0 fully saturated rings. The predicted octanol–water partition coefficient (Wildman–Crippen LogP) is 4.80. The van der Waals surface area contributed by atoms with Crippen LogP contribution in [0.3, 0.4) is 0 Å². The van der Waals surface area contributed by atoms with Gasteiger partial charge in [-0.3, -0.25) is 0 Å². The molecule has 0 aliphatic carbocycles. The molecule has 3 rings (SSSR count). The maximum Gasteiger partial charge on any atom is 0.115 e. The van der Waals surface area contributed by atoms with Crippen molar-refractivity contribution in [2.24, 2.45) is 0 Å². The van der Waals surface area contributed by atoms with E-state index in [1.165, 1.54) is 6.33 Å². The second-order valence-electron chi connectivity index (χ2n) is 4.49. The van der Waals surface area contributed by atoms with Crippen LogP contribution in [0.15, 0.2) is 67.3 Å². The van der Waals surface area contributed by atoms with Gasteiger partial charge in [-0.25, -0.2) is 9.97 Å². The quantitative estimate of drug-likeness (QED) is 0.694. The molecule has 2 nitrogen and oxygen atoms in total. The van der Waals surface area contributed by atoms with Crippen LogP contribution in [-0.2, 0) is 0 Å². The summed E-state index contributed by atoms with van der Waals surface area (Å²) in [6.07, 6.45) is 5.07. The Morgan fingerprint density at radius 2 is 1.52 bits per heavy atom. The van der Waals surface area contributed by atoms with Crippen LogP contribution in [0.5, 0.6) is 0 Å². The number of nitrogens with zero attached hydrogens (tertiary/aromatic N) is 2. The van der Waals surface area contributed by atoms with Crippen molar-refractivity contribution in [3.8, 4) is 0 Å². The Hall–Kier alpha value is -1.90. The Morgan fingerprint density at radius 3 is 2.19 bits per heavy atom. The Morgan fingerprint density at radius 1 is 0.810 bits per heavy atom. The van der Waals surface area contributed by atoms with Crippen LogP contribution in [0.25, 0.3) is 0 Å². The summed E-state index contributed by atoms with van der Waals surface area (Å²) in [6.45, 7) is 0. The fourth-order valence-electron chi connectivity index (χ4n) is 2.20. The average Bonchev–Trinajstić information content (AvgIpc) is 2.52. The molecular formula is C17H11Cl2N2. The lowest BCUT2D eigenvalue weighted by Gasteiger charge is -2.18. The molecule has 103 valence electrons. The van der Waals surface area contributed by atoms with Crippen LogP contribution in [0.2, 0.25) is 10.0 Å². The first-order chi connectivity index (χ1) is 10.3. The van der Waals surface area contributed by atoms with Gasteiger partial charge in [-0.05, 0) is 23.3 Å². The van der Waals surface area contributed by atoms with Gasteiger partial charge >= 0.3 is 0 Å². The summed E-state index contributed by atoms with van der Waals surface area (Å²) in [5.41, 5.74) is 2.87. The number of benzene rings is 2. The average molecular weight is 314 g/mol. The zero-order valence-corrected chi connectivity index (χ0v) is 12.5. The molecule has 0 unspecified atom stereocenters. The number of halogens is 2. The van der Waals surface area contributed by atoms with E-state index in [0.29, 0.717) is 10.0 Å². The highest BCUT2D eigenvalue weighted by Crippen LogP contribution is 2.35. The highest BCUT2D eigenvalue weighted by Gasteiger charge is 2.20. The third-order valence-electron chi connectivity index (χ3n) is 3.11. The highest BCUT2D eigenvalue weighted by molar-refractivity contribution is 6.35. The Kier molecular flexibility index (Phi) is 4.18. The van der Waals surface area contributed by atoms with Gasteiger partial charge in [0.25, 0.3) is 0 Å². The minimum Gasteiger partial charge on any atom is -0.244 e. The van der Waals surface area contributed by atoms with E-state index in [4.69, 9.17) is 23.2 Å². The normalized spacial score (nSPS) is 10.8. The third kappa shape index (κ3) is 3.07. The van der Waals surface area contributed by atoms with Crippen LogP contribution in [0, 0.1) is 5.92 Å². The molecule has 0 aliphatic heterocycles. The zero-order valence-electron chi connectivity index (χ0n) is 11.0. The molecule has 21 heavy (non-hydrogen) atoms. The molecule has 0 bridgehead atoms. The number of aromatic nitrogens is 2. The van der Waals surface area contributed by atoms with Gasteiger partial charge in [0.2, 0.25) is 0 Å². The van der Waals surface area contributed by atoms with Crippen molar-refractivity contribution in [3.63, 3.8) is 0 Å². The molecule has 0 saturated carbocycles. The van der Waals surface area contributed by atoms with Crippen molar-refractivity contribution in [1.29, 1.82) is 0 Å². The molecule has 2 aromatic carbocycles. The number of rotatable bonds is 3. The molecule has 4 heteroatoms. The van der Waals surface area contributed by atoms with Crippen LogP contribution in [0.4, 0.5) is 0 Å². The van der Waals surface area contributed by atoms with E-state index >= 15 is 0 Å². The SMILES string of the molecule is Clc1ccc([C](c2ccccc2)c2cncnc2)c(Cl)c1. The standard InChI is InChI=1S/C17H11Cl2N2/c18-14-6-7-15(16(19)8-14)17(12-4-2-1-3-5-12)13-9-20-11-21-10-13/h1-11H. The number of hydrogen-bond acceptors (Lipinski definition) is 2. The summed E-state index contributed by atoms with van der Waals surface area (Å²) in [6, 6.07) is 15.5. The minimum absolute atomic E-state index is 0.602. The summed E-state index contributed by atoms with van der Waals surface area (Å²) in [4.78, 5) is 8.21. The van der Waals surface area contributed by atoms with E-state index < -0.39 is 0 Å². The molecular weight excluding hydrogens is 303 g/mol. The fourth-order valence-corrected chi connectivity index (χ4v) is 2.71. The molecule has 0 aliphatic rings. The second kappa shape index (κ2) is 6.25. The van der Waals surface area contributed by atoms with Gasteiger partial charge in [0, 0.05) is 28.0 Å². The van der Waals surface area contributed by atoms with Crippen molar-refractivity contribution in [1.82, 2.24) is 9.97 Å². The first-order valence-electron chi connectivity index (χ1n) is 6.39. The van der Waals surface area contributed by atoms with Crippen molar-refractivity contribution in [3.05, 3.63) is 99.9 Å². The topological polar surface area (TPSA) is 25.8 Å². The van der Waals surface area contributed by atoms with E-state index in [1.807, 2.05) is 42.5 Å². The largest absolute Gasteiger partial charge is 0.244 e. The minimum atomic E-state index is 0.602. The van der Waals surface area contributed by atoms with Crippen LogP contribution < -0.4 is 0 Å². The predicted molar refractivity (Wildman–Crippen MR) is 85.5 cm³/mol. The Bertz CT molecular complexity index is 691. The molecule has 0 spiro atoms. The van der Waals surface area contributed by atoms with Gasteiger partial charge in [-0.2, -0.15) is 0 Å². The van der Waals surface area contributed by atoms with Crippen molar-refractivity contribution in [2.75, 3.05) is 0 Å². The summed E-state index contributed by atoms with van der Waals surface area (Å²) in [5.74, 6) is 0.984. The smallest absolute Gasteiger partial charge is 0.115 e. The Balaban J connectivity index is 2.17. The third-order valence-corrected chi connectivity index (χ3v) is 3.66. The lowest BCUT2D eigenvalue weighted by Crippen LogP contribution is -2.06.